The van der Waals surface area contributed by atoms with Crippen LogP contribution in [0, 0.1) is 0 Å². The number of rotatable bonds is 5. The summed E-state index contributed by atoms with van der Waals surface area (Å²) < 4.78 is 26.9. The Morgan fingerprint density at radius 3 is 3.00 bits per heavy atom. The topological polar surface area (TPSA) is 71.1 Å². The maximum atomic E-state index is 12.1. The smallest absolute Gasteiger partial charge is 0.220 e. The van der Waals surface area contributed by atoms with E-state index in [4.69, 9.17) is 0 Å². The van der Waals surface area contributed by atoms with Gasteiger partial charge in [0, 0.05) is 18.8 Å². The number of sulfonamides is 1. The van der Waals surface area contributed by atoms with Crippen LogP contribution in [0.3, 0.4) is 0 Å². The second-order valence-electron chi connectivity index (χ2n) is 4.58. The first-order valence-corrected chi connectivity index (χ1v) is 7.77. The van der Waals surface area contributed by atoms with E-state index >= 15 is 0 Å². The molecule has 1 aromatic heterocycles. The van der Waals surface area contributed by atoms with Gasteiger partial charge in [-0.3, -0.25) is 4.98 Å². The third kappa shape index (κ3) is 3.28. The Balaban J connectivity index is 1.97. The Kier molecular flexibility index (Phi) is 4.31. The van der Waals surface area contributed by atoms with Crippen molar-refractivity contribution in [2.45, 2.75) is 31.1 Å². The van der Waals surface area contributed by atoms with Crippen molar-refractivity contribution in [3.05, 3.63) is 30.1 Å². The lowest BCUT2D eigenvalue weighted by atomic mass is 10.2. The molecule has 5 nitrogen and oxygen atoms in total. The van der Waals surface area contributed by atoms with E-state index in [9.17, 15) is 8.42 Å². The van der Waals surface area contributed by atoms with Gasteiger partial charge in [0.25, 0.3) is 0 Å². The molecule has 0 unspecified atom stereocenters. The highest BCUT2D eigenvalue weighted by Crippen LogP contribution is 2.18. The van der Waals surface area contributed by atoms with E-state index in [1.54, 1.807) is 31.3 Å². The Morgan fingerprint density at radius 1 is 1.56 bits per heavy atom. The maximum Gasteiger partial charge on any atom is 0.220 e. The molecular weight excluding hydrogens is 250 g/mol. The van der Waals surface area contributed by atoms with Gasteiger partial charge in [-0.2, -0.15) is 0 Å². The lowest BCUT2D eigenvalue weighted by Crippen LogP contribution is -2.38. The van der Waals surface area contributed by atoms with Crippen LogP contribution in [0.15, 0.2) is 24.4 Å². The van der Waals surface area contributed by atoms with Crippen molar-refractivity contribution < 1.29 is 8.42 Å². The van der Waals surface area contributed by atoms with Crippen LogP contribution < -0.4 is 10.0 Å². The van der Waals surface area contributed by atoms with Crippen molar-refractivity contribution in [2.24, 2.45) is 0 Å². The number of nitrogens with one attached hydrogen (secondary N) is 2. The SMILES string of the molecule is C[C@@H](c1ccccn1)S(=O)(=O)NC[C@H]1CCCN1. The Hall–Kier alpha value is -0.980. The average Bonchev–Trinajstić information content (AvgIpc) is 2.90. The van der Waals surface area contributed by atoms with Crippen molar-refractivity contribution in [1.82, 2.24) is 15.0 Å². The molecule has 0 amide bonds. The zero-order valence-electron chi connectivity index (χ0n) is 10.5. The predicted molar refractivity (Wildman–Crippen MR) is 70.6 cm³/mol. The second kappa shape index (κ2) is 5.77. The fourth-order valence-electron chi connectivity index (χ4n) is 2.05. The summed E-state index contributed by atoms with van der Waals surface area (Å²) in [5.74, 6) is 0. The van der Waals surface area contributed by atoms with E-state index in [0.717, 1.165) is 19.4 Å². The van der Waals surface area contributed by atoms with Crippen LogP contribution in [0.2, 0.25) is 0 Å². The van der Waals surface area contributed by atoms with Gasteiger partial charge in [0.05, 0.1) is 5.69 Å². The summed E-state index contributed by atoms with van der Waals surface area (Å²) in [7, 11) is -3.35. The molecule has 2 heterocycles. The maximum absolute atomic E-state index is 12.1. The molecule has 1 aliphatic heterocycles. The largest absolute Gasteiger partial charge is 0.313 e. The van der Waals surface area contributed by atoms with Gasteiger partial charge in [0.1, 0.15) is 5.25 Å². The average molecular weight is 269 g/mol. The minimum Gasteiger partial charge on any atom is -0.313 e. The summed E-state index contributed by atoms with van der Waals surface area (Å²) in [5.41, 5.74) is 0.574. The zero-order chi connectivity index (χ0) is 13.0. The van der Waals surface area contributed by atoms with Gasteiger partial charge in [-0.15, -0.1) is 0 Å². The van der Waals surface area contributed by atoms with E-state index in [2.05, 4.69) is 15.0 Å². The second-order valence-corrected chi connectivity index (χ2v) is 6.67. The van der Waals surface area contributed by atoms with Crippen molar-refractivity contribution >= 4 is 10.0 Å². The standard InChI is InChI=1S/C12H19N3O2S/c1-10(12-6-2-3-7-14-12)18(16,17)15-9-11-5-4-8-13-11/h2-3,6-7,10-11,13,15H,4-5,8-9H2,1H3/t10-,11+/m0/s1. The first kappa shape index (κ1) is 13.5. The predicted octanol–water partition coefficient (Wildman–Crippen LogP) is 0.814. The fraction of sp³-hybridized carbons (Fsp3) is 0.583. The van der Waals surface area contributed by atoms with Crippen LogP contribution in [0.4, 0.5) is 0 Å². The van der Waals surface area contributed by atoms with Gasteiger partial charge >= 0.3 is 0 Å². The molecule has 18 heavy (non-hydrogen) atoms. The van der Waals surface area contributed by atoms with Gasteiger partial charge in [0.15, 0.2) is 0 Å². The summed E-state index contributed by atoms with van der Waals surface area (Å²) in [6, 6.07) is 5.57. The van der Waals surface area contributed by atoms with E-state index in [1.807, 2.05) is 0 Å². The van der Waals surface area contributed by atoms with Crippen LogP contribution in [-0.4, -0.2) is 32.5 Å². The Morgan fingerprint density at radius 2 is 2.39 bits per heavy atom. The number of hydrogen-bond acceptors (Lipinski definition) is 4. The monoisotopic (exact) mass is 269 g/mol. The minimum absolute atomic E-state index is 0.260. The van der Waals surface area contributed by atoms with E-state index in [1.165, 1.54) is 0 Å². The molecule has 100 valence electrons. The van der Waals surface area contributed by atoms with E-state index < -0.39 is 15.3 Å². The summed E-state index contributed by atoms with van der Waals surface area (Å²) in [5, 5.41) is 2.64. The van der Waals surface area contributed by atoms with E-state index in [0.29, 0.717) is 12.2 Å². The van der Waals surface area contributed by atoms with Crippen molar-refractivity contribution in [3.8, 4) is 0 Å². The molecule has 0 radical (unpaired) electrons. The zero-order valence-corrected chi connectivity index (χ0v) is 11.3. The molecule has 0 saturated carbocycles. The van der Waals surface area contributed by atoms with Crippen molar-refractivity contribution in [3.63, 3.8) is 0 Å². The van der Waals surface area contributed by atoms with Crippen LogP contribution in [0.5, 0.6) is 0 Å². The van der Waals surface area contributed by atoms with Crippen LogP contribution >= 0.6 is 0 Å². The quantitative estimate of drug-likeness (QED) is 0.830. The third-order valence-corrected chi connectivity index (χ3v) is 5.00. The summed E-state index contributed by atoms with van der Waals surface area (Å²) in [6.45, 7) is 3.09. The number of pyridine rings is 1. The molecule has 1 fully saturated rings. The molecule has 2 atom stereocenters. The third-order valence-electron chi connectivity index (χ3n) is 3.26. The molecule has 1 saturated heterocycles. The molecule has 0 aromatic carbocycles. The molecule has 2 rings (SSSR count). The molecule has 2 N–H and O–H groups in total. The highest BCUT2D eigenvalue weighted by Gasteiger charge is 2.25. The summed E-state index contributed by atoms with van der Waals surface area (Å²) in [4.78, 5) is 4.09. The normalized spacial score (nSPS) is 21.9. The molecule has 0 spiro atoms. The molecule has 1 aliphatic rings. The molecule has 1 aromatic rings. The first-order chi connectivity index (χ1) is 8.59. The Bertz CT molecular complexity index is 469. The lowest BCUT2D eigenvalue weighted by molar-refractivity contribution is 0.543. The van der Waals surface area contributed by atoms with Gasteiger partial charge in [-0.05, 0) is 38.4 Å². The summed E-state index contributed by atoms with van der Waals surface area (Å²) in [6.07, 6.45) is 3.75. The van der Waals surface area contributed by atoms with Gasteiger partial charge in [-0.25, -0.2) is 13.1 Å². The van der Waals surface area contributed by atoms with Crippen molar-refractivity contribution in [2.75, 3.05) is 13.1 Å². The van der Waals surface area contributed by atoms with E-state index in [-0.39, 0.29) is 6.04 Å². The lowest BCUT2D eigenvalue weighted by Gasteiger charge is -2.16. The fourth-order valence-corrected chi connectivity index (χ4v) is 3.19. The van der Waals surface area contributed by atoms with Gasteiger partial charge in [0.2, 0.25) is 10.0 Å². The number of hydrogen-bond donors (Lipinski definition) is 2. The molecule has 0 bridgehead atoms. The van der Waals surface area contributed by atoms with Gasteiger partial charge < -0.3 is 5.32 Å². The molecule has 0 aliphatic carbocycles. The van der Waals surface area contributed by atoms with Crippen LogP contribution in [-0.2, 0) is 10.0 Å². The summed E-state index contributed by atoms with van der Waals surface area (Å²) >= 11 is 0. The first-order valence-electron chi connectivity index (χ1n) is 6.22. The number of nitrogens with zero attached hydrogens (tertiary/aromatic N) is 1. The number of aromatic nitrogens is 1. The highest BCUT2D eigenvalue weighted by atomic mass is 32.2. The van der Waals surface area contributed by atoms with Gasteiger partial charge in [-0.1, -0.05) is 6.07 Å². The molecular formula is C12H19N3O2S. The van der Waals surface area contributed by atoms with Crippen LogP contribution in [0.25, 0.3) is 0 Å². The highest BCUT2D eigenvalue weighted by molar-refractivity contribution is 7.89. The van der Waals surface area contributed by atoms with Crippen LogP contribution in [0.1, 0.15) is 30.7 Å². The Labute approximate surface area is 108 Å². The van der Waals surface area contributed by atoms with Crippen molar-refractivity contribution in [1.29, 1.82) is 0 Å². The minimum atomic E-state index is -3.35. The molecule has 6 heteroatoms.